The van der Waals surface area contributed by atoms with Crippen molar-refractivity contribution in [2.75, 3.05) is 45.8 Å². The van der Waals surface area contributed by atoms with Crippen molar-refractivity contribution in [1.29, 1.82) is 0 Å². The molecule has 7 heteroatoms. The quantitative estimate of drug-likeness (QED) is 0.672. The molecule has 182 valence electrons. The van der Waals surface area contributed by atoms with Crippen LogP contribution in [0.1, 0.15) is 52.0 Å². The molecule has 1 atom stereocenters. The molecule has 33 heavy (non-hydrogen) atoms. The van der Waals surface area contributed by atoms with Gasteiger partial charge in [0, 0.05) is 44.7 Å². The Balaban J connectivity index is 1.17. The Morgan fingerprint density at radius 3 is 2.33 bits per heavy atom. The number of hydrogen-bond donors (Lipinski definition) is 0. The maximum Gasteiger partial charge on any atom is 0.410 e. The number of ether oxygens (including phenoxy) is 2. The molecule has 1 spiro atoms. The smallest absolute Gasteiger partial charge is 0.410 e. The Bertz CT molecular complexity index is 817. The number of amides is 2. The summed E-state index contributed by atoms with van der Waals surface area (Å²) in [5, 5.41) is 0. The fourth-order valence-electron chi connectivity index (χ4n) is 5.41. The minimum Gasteiger partial charge on any atom is -0.445 e. The highest BCUT2D eigenvalue weighted by molar-refractivity contribution is 5.68. The summed E-state index contributed by atoms with van der Waals surface area (Å²) < 4.78 is 11.1. The van der Waals surface area contributed by atoms with Gasteiger partial charge in [-0.1, -0.05) is 30.3 Å². The second-order valence-corrected chi connectivity index (χ2v) is 11.1. The third kappa shape index (κ3) is 6.40. The molecule has 1 aromatic carbocycles. The SMILES string of the molecule is CC(C)(C)OC(=O)N1CCC2(CCN(CC3CCN(C(=O)OCc4ccccc4)CC3)C2)C1. The van der Waals surface area contributed by atoms with Crippen LogP contribution in [0.2, 0.25) is 0 Å². The minimum atomic E-state index is -0.447. The Morgan fingerprint density at radius 2 is 1.64 bits per heavy atom. The molecule has 3 aliphatic heterocycles. The number of nitrogens with zero attached hydrogens (tertiary/aromatic N) is 3. The van der Waals surface area contributed by atoms with Crippen LogP contribution >= 0.6 is 0 Å². The maximum atomic E-state index is 12.5. The second kappa shape index (κ2) is 9.92. The number of likely N-dealkylation sites (tertiary alicyclic amines) is 3. The van der Waals surface area contributed by atoms with Gasteiger partial charge in [0.25, 0.3) is 0 Å². The molecule has 3 fully saturated rings. The fourth-order valence-corrected chi connectivity index (χ4v) is 5.41. The zero-order valence-corrected chi connectivity index (χ0v) is 20.4. The molecule has 0 aromatic heterocycles. The summed E-state index contributed by atoms with van der Waals surface area (Å²) in [5.41, 5.74) is 0.789. The largest absolute Gasteiger partial charge is 0.445 e. The lowest BCUT2D eigenvalue weighted by atomic mass is 9.86. The summed E-state index contributed by atoms with van der Waals surface area (Å²) in [5.74, 6) is 0.613. The summed E-state index contributed by atoms with van der Waals surface area (Å²) in [6.07, 6.45) is 3.88. The molecule has 3 saturated heterocycles. The van der Waals surface area contributed by atoms with Crippen LogP contribution in [-0.2, 0) is 16.1 Å². The number of carbonyl (C=O) groups excluding carboxylic acids is 2. The number of carbonyl (C=O) groups is 2. The van der Waals surface area contributed by atoms with Crippen LogP contribution in [0.15, 0.2) is 30.3 Å². The van der Waals surface area contributed by atoms with Crippen molar-refractivity contribution in [3.8, 4) is 0 Å². The van der Waals surface area contributed by atoms with Crippen molar-refractivity contribution < 1.29 is 19.1 Å². The molecular formula is C26H39N3O4. The van der Waals surface area contributed by atoms with E-state index in [0.29, 0.717) is 12.5 Å². The van der Waals surface area contributed by atoms with E-state index in [4.69, 9.17) is 9.47 Å². The molecule has 7 nitrogen and oxygen atoms in total. The van der Waals surface area contributed by atoms with Crippen LogP contribution in [0.4, 0.5) is 9.59 Å². The van der Waals surface area contributed by atoms with E-state index in [0.717, 1.165) is 77.1 Å². The molecule has 3 heterocycles. The normalized spacial score (nSPS) is 24.5. The van der Waals surface area contributed by atoms with Crippen LogP contribution < -0.4 is 0 Å². The van der Waals surface area contributed by atoms with Crippen molar-refractivity contribution in [3.05, 3.63) is 35.9 Å². The van der Waals surface area contributed by atoms with Gasteiger partial charge in [-0.3, -0.25) is 0 Å². The van der Waals surface area contributed by atoms with Gasteiger partial charge in [0.15, 0.2) is 0 Å². The average molecular weight is 458 g/mol. The summed E-state index contributed by atoms with van der Waals surface area (Å²) >= 11 is 0. The lowest BCUT2D eigenvalue weighted by molar-refractivity contribution is 0.0273. The van der Waals surface area contributed by atoms with Gasteiger partial charge in [-0.2, -0.15) is 0 Å². The highest BCUT2D eigenvalue weighted by Crippen LogP contribution is 2.40. The topological polar surface area (TPSA) is 62.3 Å². The number of piperidine rings is 1. The summed E-state index contributed by atoms with van der Waals surface area (Å²) in [7, 11) is 0. The summed E-state index contributed by atoms with van der Waals surface area (Å²) in [6.45, 7) is 12.5. The third-order valence-electron chi connectivity index (χ3n) is 7.20. The van der Waals surface area contributed by atoms with Gasteiger partial charge < -0.3 is 24.2 Å². The van der Waals surface area contributed by atoms with Gasteiger partial charge in [-0.25, -0.2) is 9.59 Å². The molecule has 1 aromatic rings. The van der Waals surface area contributed by atoms with Crippen molar-refractivity contribution in [2.45, 2.75) is 58.7 Å². The van der Waals surface area contributed by atoms with E-state index < -0.39 is 5.60 Å². The fraction of sp³-hybridized carbons (Fsp3) is 0.692. The van der Waals surface area contributed by atoms with Gasteiger partial charge in [0.2, 0.25) is 0 Å². The highest BCUT2D eigenvalue weighted by atomic mass is 16.6. The molecule has 0 N–H and O–H groups in total. The third-order valence-corrected chi connectivity index (χ3v) is 7.20. The Labute approximate surface area is 198 Å². The van der Waals surface area contributed by atoms with Gasteiger partial charge in [0.1, 0.15) is 12.2 Å². The summed E-state index contributed by atoms with van der Waals surface area (Å²) in [6, 6.07) is 9.82. The lowest BCUT2D eigenvalue weighted by Gasteiger charge is -2.33. The van der Waals surface area contributed by atoms with E-state index in [-0.39, 0.29) is 17.6 Å². The molecule has 3 aliphatic rings. The van der Waals surface area contributed by atoms with E-state index in [1.165, 1.54) is 0 Å². The Hall–Kier alpha value is -2.28. The van der Waals surface area contributed by atoms with Gasteiger partial charge >= 0.3 is 12.2 Å². The molecule has 0 radical (unpaired) electrons. The van der Waals surface area contributed by atoms with Crippen molar-refractivity contribution in [2.24, 2.45) is 11.3 Å². The van der Waals surface area contributed by atoms with E-state index in [2.05, 4.69) is 4.90 Å². The Morgan fingerprint density at radius 1 is 0.939 bits per heavy atom. The number of rotatable bonds is 4. The van der Waals surface area contributed by atoms with Crippen molar-refractivity contribution in [3.63, 3.8) is 0 Å². The highest BCUT2D eigenvalue weighted by Gasteiger charge is 2.45. The second-order valence-electron chi connectivity index (χ2n) is 11.1. The average Bonchev–Trinajstić information content (AvgIpc) is 3.38. The van der Waals surface area contributed by atoms with Crippen LogP contribution in [0.3, 0.4) is 0 Å². The first-order valence-electron chi connectivity index (χ1n) is 12.4. The van der Waals surface area contributed by atoms with E-state index >= 15 is 0 Å². The van der Waals surface area contributed by atoms with E-state index in [1.807, 2.05) is 60.9 Å². The first-order valence-corrected chi connectivity index (χ1v) is 12.4. The maximum absolute atomic E-state index is 12.5. The van der Waals surface area contributed by atoms with Crippen LogP contribution in [0.25, 0.3) is 0 Å². The molecule has 4 rings (SSSR count). The predicted octanol–water partition coefficient (Wildman–Crippen LogP) is 4.37. The van der Waals surface area contributed by atoms with Gasteiger partial charge in [-0.15, -0.1) is 0 Å². The van der Waals surface area contributed by atoms with E-state index in [9.17, 15) is 9.59 Å². The zero-order chi connectivity index (χ0) is 23.5. The molecular weight excluding hydrogens is 418 g/mol. The summed E-state index contributed by atoms with van der Waals surface area (Å²) in [4.78, 5) is 31.2. The number of hydrogen-bond acceptors (Lipinski definition) is 5. The van der Waals surface area contributed by atoms with Gasteiger partial charge in [0.05, 0.1) is 0 Å². The monoisotopic (exact) mass is 457 g/mol. The predicted molar refractivity (Wildman–Crippen MR) is 127 cm³/mol. The first-order chi connectivity index (χ1) is 15.7. The van der Waals surface area contributed by atoms with Gasteiger partial charge in [-0.05, 0) is 64.5 Å². The first kappa shape index (κ1) is 23.9. The standard InChI is InChI=1S/C26H39N3O4/c1-25(2,3)33-24(31)29-16-12-26(20-29)11-15-27(19-26)17-21-9-13-28(14-10-21)23(30)32-18-22-7-5-4-6-8-22/h4-8,21H,9-20H2,1-3H3. The molecule has 0 aliphatic carbocycles. The molecule has 0 bridgehead atoms. The number of benzene rings is 1. The Kier molecular flexibility index (Phi) is 7.17. The zero-order valence-electron chi connectivity index (χ0n) is 20.4. The molecule has 1 unspecified atom stereocenters. The van der Waals surface area contributed by atoms with Crippen LogP contribution in [0, 0.1) is 11.3 Å². The van der Waals surface area contributed by atoms with Crippen molar-refractivity contribution in [1.82, 2.24) is 14.7 Å². The lowest BCUT2D eigenvalue weighted by Crippen LogP contribution is -2.42. The van der Waals surface area contributed by atoms with Crippen LogP contribution in [-0.4, -0.2) is 78.3 Å². The van der Waals surface area contributed by atoms with Crippen molar-refractivity contribution >= 4 is 12.2 Å². The molecule has 2 amide bonds. The minimum absolute atomic E-state index is 0.177. The van der Waals surface area contributed by atoms with E-state index in [1.54, 1.807) is 0 Å². The molecule has 0 saturated carbocycles. The van der Waals surface area contributed by atoms with Crippen LogP contribution in [0.5, 0.6) is 0 Å².